The van der Waals surface area contributed by atoms with Crippen molar-refractivity contribution in [3.63, 3.8) is 0 Å². The second kappa shape index (κ2) is 3.61. The SMILES string of the molecule is NC(N)=NC[C@H]1C[C@@H]1[C@@H](N)C(=O)O. The van der Waals surface area contributed by atoms with E-state index in [4.69, 9.17) is 22.3 Å². The fourth-order valence-corrected chi connectivity index (χ4v) is 1.33. The zero-order chi connectivity index (χ0) is 10.0. The van der Waals surface area contributed by atoms with Crippen molar-refractivity contribution in [3.05, 3.63) is 0 Å². The van der Waals surface area contributed by atoms with E-state index < -0.39 is 12.0 Å². The van der Waals surface area contributed by atoms with Gasteiger partial charge in [-0.25, -0.2) is 0 Å². The second-order valence-electron chi connectivity index (χ2n) is 3.29. The molecule has 0 aromatic carbocycles. The molecule has 0 aromatic heterocycles. The maximum absolute atomic E-state index is 10.5. The van der Waals surface area contributed by atoms with Crippen molar-refractivity contribution in [2.24, 2.45) is 34.0 Å². The summed E-state index contributed by atoms with van der Waals surface area (Å²) in [5.74, 6) is -0.666. The van der Waals surface area contributed by atoms with E-state index in [9.17, 15) is 4.79 Å². The molecule has 1 rings (SSSR count). The highest BCUT2D eigenvalue weighted by molar-refractivity contribution is 5.76. The lowest BCUT2D eigenvalue weighted by Crippen LogP contribution is -2.33. The largest absolute Gasteiger partial charge is 0.480 e. The van der Waals surface area contributed by atoms with Crippen molar-refractivity contribution < 1.29 is 9.90 Å². The predicted octanol–water partition coefficient (Wildman–Crippen LogP) is -1.69. The van der Waals surface area contributed by atoms with Crippen LogP contribution in [0.15, 0.2) is 4.99 Å². The first-order valence-corrected chi connectivity index (χ1v) is 4.06. The number of hydrogen-bond acceptors (Lipinski definition) is 3. The molecule has 0 aromatic rings. The van der Waals surface area contributed by atoms with E-state index >= 15 is 0 Å². The number of nitrogens with zero attached hydrogens (tertiary/aromatic N) is 1. The quantitative estimate of drug-likeness (QED) is 0.307. The Labute approximate surface area is 75.8 Å². The molecule has 1 aliphatic rings. The van der Waals surface area contributed by atoms with Crippen LogP contribution < -0.4 is 17.2 Å². The van der Waals surface area contributed by atoms with E-state index in [0.717, 1.165) is 6.42 Å². The summed E-state index contributed by atoms with van der Waals surface area (Å²) >= 11 is 0. The number of rotatable bonds is 4. The zero-order valence-corrected chi connectivity index (χ0v) is 7.18. The molecule has 74 valence electrons. The molecular formula is C7H14N4O2. The fourth-order valence-electron chi connectivity index (χ4n) is 1.33. The number of hydrogen-bond donors (Lipinski definition) is 4. The summed E-state index contributed by atoms with van der Waals surface area (Å²) in [5, 5.41) is 8.58. The first kappa shape index (κ1) is 9.79. The van der Waals surface area contributed by atoms with Crippen molar-refractivity contribution in [1.82, 2.24) is 0 Å². The van der Waals surface area contributed by atoms with Gasteiger partial charge in [0.15, 0.2) is 5.96 Å². The van der Waals surface area contributed by atoms with Gasteiger partial charge < -0.3 is 22.3 Å². The van der Waals surface area contributed by atoms with Gasteiger partial charge in [0.1, 0.15) is 6.04 Å². The molecule has 1 aliphatic carbocycles. The van der Waals surface area contributed by atoms with Gasteiger partial charge in [-0.2, -0.15) is 0 Å². The van der Waals surface area contributed by atoms with Crippen molar-refractivity contribution in [2.75, 3.05) is 6.54 Å². The van der Waals surface area contributed by atoms with Crippen LogP contribution in [0.3, 0.4) is 0 Å². The highest BCUT2D eigenvalue weighted by Gasteiger charge is 2.44. The van der Waals surface area contributed by atoms with Crippen molar-refractivity contribution >= 4 is 11.9 Å². The Morgan fingerprint density at radius 2 is 2.23 bits per heavy atom. The lowest BCUT2D eigenvalue weighted by Gasteiger charge is -2.03. The molecule has 6 heteroatoms. The molecule has 13 heavy (non-hydrogen) atoms. The van der Waals surface area contributed by atoms with Gasteiger partial charge >= 0.3 is 5.97 Å². The minimum absolute atomic E-state index is 0.0283. The summed E-state index contributed by atoms with van der Waals surface area (Å²) in [6, 6.07) is -0.779. The Kier molecular flexibility index (Phi) is 2.72. The average molecular weight is 186 g/mol. The van der Waals surface area contributed by atoms with Crippen LogP contribution in [0.1, 0.15) is 6.42 Å². The Morgan fingerprint density at radius 1 is 1.62 bits per heavy atom. The second-order valence-corrected chi connectivity index (χ2v) is 3.29. The van der Waals surface area contributed by atoms with Crippen molar-refractivity contribution in [1.29, 1.82) is 0 Å². The molecule has 6 nitrogen and oxygen atoms in total. The van der Waals surface area contributed by atoms with Gasteiger partial charge in [0, 0.05) is 6.54 Å². The Hall–Kier alpha value is -1.30. The minimum Gasteiger partial charge on any atom is -0.480 e. The number of aliphatic carboxylic acids is 1. The molecule has 7 N–H and O–H groups in total. The van der Waals surface area contributed by atoms with Crippen molar-refractivity contribution in [3.8, 4) is 0 Å². The number of carboxylic acids is 1. The molecule has 0 radical (unpaired) electrons. The standard InChI is InChI=1S/C7H14N4O2/c8-5(6(12)13)4-1-3(4)2-11-7(9)10/h3-5H,1-2,8H2,(H,12,13)(H4,9,10,11)/t3-,4+,5-/m1/s1. The van der Waals surface area contributed by atoms with Crippen LogP contribution in [0, 0.1) is 11.8 Å². The van der Waals surface area contributed by atoms with Gasteiger partial charge in [0.05, 0.1) is 0 Å². The maximum Gasteiger partial charge on any atom is 0.320 e. The molecule has 0 unspecified atom stereocenters. The third-order valence-corrected chi connectivity index (χ3v) is 2.23. The molecule has 0 heterocycles. The summed E-state index contributed by atoms with van der Waals surface area (Å²) in [6.07, 6.45) is 0.796. The molecule has 0 spiro atoms. The predicted molar refractivity (Wildman–Crippen MR) is 47.9 cm³/mol. The molecule has 3 atom stereocenters. The van der Waals surface area contributed by atoms with Gasteiger partial charge in [-0.3, -0.25) is 9.79 Å². The van der Waals surface area contributed by atoms with E-state index in [2.05, 4.69) is 4.99 Å². The average Bonchev–Trinajstić information content (AvgIpc) is 2.78. The van der Waals surface area contributed by atoms with Crippen LogP contribution in [0.2, 0.25) is 0 Å². The maximum atomic E-state index is 10.5. The summed E-state index contributed by atoms with van der Waals surface area (Å²) < 4.78 is 0. The third kappa shape index (κ3) is 2.59. The highest BCUT2D eigenvalue weighted by atomic mass is 16.4. The van der Waals surface area contributed by atoms with Crippen LogP contribution in [-0.2, 0) is 4.79 Å². The highest BCUT2D eigenvalue weighted by Crippen LogP contribution is 2.40. The number of carbonyl (C=O) groups is 1. The minimum atomic E-state index is -0.961. The third-order valence-electron chi connectivity index (χ3n) is 2.23. The number of guanidine groups is 1. The number of aliphatic imine (C=N–C) groups is 1. The van der Waals surface area contributed by atoms with Crippen LogP contribution in [0.25, 0.3) is 0 Å². The van der Waals surface area contributed by atoms with Crippen LogP contribution in [0.4, 0.5) is 0 Å². The van der Waals surface area contributed by atoms with Gasteiger partial charge in [-0.1, -0.05) is 0 Å². The van der Waals surface area contributed by atoms with E-state index in [1.165, 1.54) is 0 Å². The van der Waals surface area contributed by atoms with Crippen LogP contribution in [-0.4, -0.2) is 29.6 Å². The summed E-state index contributed by atoms with van der Waals surface area (Å²) in [4.78, 5) is 14.3. The van der Waals surface area contributed by atoms with E-state index in [-0.39, 0.29) is 17.8 Å². The van der Waals surface area contributed by atoms with E-state index in [1.54, 1.807) is 0 Å². The molecule has 1 fully saturated rings. The summed E-state index contributed by atoms with van der Waals surface area (Å²) in [6.45, 7) is 0.480. The topological polar surface area (TPSA) is 128 Å². The lowest BCUT2D eigenvalue weighted by molar-refractivity contribution is -0.139. The molecular weight excluding hydrogens is 172 g/mol. The van der Waals surface area contributed by atoms with Crippen LogP contribution >= 0.6 is 0 Å². The van der Waals surface area contributed by atoms with Crippen LogP contribution in [0.5, 0.6) is 0 Å². The summed E-state index contributed by atoms with van der Waals surface area (Å²) in [5.41, 5.74) is 15.7. The van der Waals surface area contributed by atoms with Crippen molar-refractivity contribution in [2.45, 2.75) is 12.5 Å². The van der Waals surface area contributed by atoms with E-state index in [1.807, 2.05) is 0 Å². The van der Waals surface area contributed by atoms with E-state index in [0.29, 0.717) is 6.54 Å². The molecule has 0 bridgehead atoms. The first-order chi connectivity index (χ1) is 6.02. The Balaban J connectivity index is 2.30. The Bertz CT molecular complexity index is 237. The number of nitrogens with two attached hydrogens (primary N) is 3. The fraction of sp³-hybridized carbons (Fsp3) is 0.714. The molecule has 0 aliphatic heterocycles. The normalized spacial score (nSPS) is 27.8. The molecule has 0 amide bonds. The first-order valence-electron chi connectivity index (χ1n) is 4.06. The van der Waals surface area contributed by atoms with Gasteiger partial charge in [-0.05, 0) is 18.3 Å². The van der Waals surface area contributed by atoms with Gasteiger partial charge in [0.2, 0.25) is 0 Å². The summed E-state index contributed by atoms with van der Waals surface area (Å²) in [7, 11) is 0. The monoisotopic (exact) mass is 186 g/mol. The smallest absolute Gasteiger partial charge is 0.320 e. The van der Waals surface area contributed by atoms with Gasteiger partial charge in [-0.15, -0.1) is 0 Å². The lowest BCUT2D eigenvalue weighted by atomic mass is 10.1. The number of carboxylic acid groups (broad SMARTS) is 1. The molecule has 1 saturated carbocycles. The van der Waals surface area contributed by atoms with Gasteiger partial charge in [0.25, 0.3) is 0 Å². The molecule has 0 saturated heterocycles. The zero-order valence-electron chi connectivity index (χ0n) is 7.18. The Morgan fingerprint density at radius 3 is 2.69 bits per heavy atom.